The Kier molecular flexibility index (Phi) is 13.3. The lowest BCUT2D eigenvalue weighted by Crippen LogP contribution is -2.64. The summed E-state index contributed by atoms with van der Waals surface area (Å²) in [7, 11) is 3.13. The lowest BCUT2D eigenvalue weighted by molar-refractivity contribution is -0.138. The van der Waals surface area contributed by atoms with Crippen LogP contribution in [0, 0.1) is 5.92 Å². The second-order valence-corrected chi connectivity index (χ2v) is 12.8. The van der Waals surface area contributed by atoms with Gasteiger partial charge < -0.3 is 40.8 Å². The molecule has 5 N–H and O–H groups in total. The van der Waals surface area contributed by atoms with Crippen molar-refractivity contribution in [2.45, 2.75) is 82.8 Å². The van der Waals surface area contributed by atoms with Gasteiger partial charge in [0.15, 0.2) is 11.5 Å². The average Bonchev–Trinajstić information content (AvgIpc) is 3.10. The number of ether oxygens (including phenoxy) is 3. The van der Waals surface area contributed by atoms with E-state index in [0.29, 0.717) is 50.0 Å². The Morgan fingerprint density at radius 2 is 1.71 bits per heavy atom. The van der Waals surface area contributed by atoms with Crippen molar-refractivity contribution in [2.75, 3.05) is 33.9 Å². The first-order chi connectivity index (χ1) is 23.6. The molecule has 49 heavy (non-hydrogen) atoms. The number of hydrogen-bond donors (Lipinski definition) is 5. The van der Waals surface area contributed by atoms with Crippen LogP contribution in [0.1, 0.15) is 74.7 Å². The molecule has 13 heteroatoms. The Bertz CT molecular complexity index is 1490. The van der Waals surface area contributed by atoms with E-state index in [1.165, 1.54) is 0 Å². The van der Waals surface area contributed by atoms with Gasteiger partial charge >= 0.3 is 0 Å². The third-order valence-corrected chi connectivity index (χ3v) is 8.95. The maximum Gasteiger partial charge on any atom is 0.255 e. The minimum Gasteiger partial charge on any atom is -0.493 e. The predicted molar refractivity (Wildman–Crippen MR) is 182 cm³/mol. The van der Waals surface area contributed by atoms with Gasteiger partial charge in [0.25, 0.3) is 5.91 Å². The molecule has 0 bridgehead atoms. The summed E-state index contributed by atoms with van der Waals surface area (Å²) in [4.78, 5) is 67.8. The third-order valence-electron chi connectivity index (χ3n) is 8.95. The molecular formula is C36H49N5O8. The minimum atomic E-state index is -1.25. The van der Waals surface area contributed by atoms with Gasteiger partial charge in [0.2, 0.25) is 23.6 Å². The quantitative estimate of drug-likeness (QED) is 0.265. The fourth-order valence-electron chi connectivity index (χ4n) is 6.22. The molecule has 2 aromatic rings. The summed E-state index contributed by atoms with van der Waals surface area (Å²) in [6.07, 6.45) is 3.91. The van der Waals surface area contributed by atoms with Crippen molar-refractivity contribution in [1.29, 1.82) is 0 Å². The van der Waals surface area contributed by atoms with E-state index in [1.807, 2.05) is 32.0 Å². The van der Waals surface area contributed by atoms with E-state index in [2.05, 4.69) is 26.6 Å². The van der Waals surface area contributed by atoms with Crippen molar-refractivity contribution in [1.82, 2.24) is 26.6 Å². The van der Waals surface area contributed by atoms with Crippen LogP contribution >= 0.6 is 0 Å². The smallest absolute Gasteiger partial charge is 0.255 e. The second-order valence-electron chi connectivity index (χ2n) is 12.8. The van der Waals surface area contributed by atoms with Crippen LogP contribution in [0.3, 0.4) is 0 Å². The van der Waals surface area contributed by atoms with Crippen molar-refractivity contribution in [3.63, 3.8) is 0 Å². The van der Waals surface area contributed by atoms with Crippen molar-refractivity contribution < 1.29 is 38.2 Å². The van der Waals surface area contributed by atoms with E-state index in [4.69, 9.17) is 14.2 Å². The first kappa shape index (κ1) is 37.0. The number of benzene rings is 2. The number of carbonyl (C=O) groups excluding carboxylic acids is 5. The third kappa shape index (κ3) is 9.86. The Morgan fingerprint density at radius 1 is 0.980 bits per heavy atom. The molecule has 1 spiro atoms. The highest BCUT2D eigenvalue weighted by Crippen LogP contribution is 2.30. The molecule has 2 atom stereocenters. The van der Waals surface area contributed by atoms with Gasteiger partial charge in [-0.15, -0.1) is 0 Å². The van der Waals surface area contributed by atoms with Crippen LogP contribution < -0.4 is 40.8 Å². The molecule has 13 nitrogen and oxygen atoms in total. The van der Waals surface area contributed by atoms with E-state index >= 15 is 0 Å². The minimum absolute atomic E-state index is 0.0583. The molecule has 0 unspecified atom stereocenters. The first-order valence-corrected chi connectivity index (χ1v) is 17.0. The summed E-state index contributed by atoms with van der Waals surface area (Å²) < 4.78 is 16.5. The van der Waals surface area contributed by atoms with Crippen molar-refractivity contribution >= 4 is 29.5 Å². The van der Waals surface area contributed by atoms with Crippen LogP contribution in [-0.4, -0.2) is 81.1 Å². The molecule has 4 rings (SSSR count). The van der Waals surface area contributed by atoms with E-state index in [9.17, 15) is 24.0 Å². The molecule has 1 saturated carbocycles. The number of methoxy groups -OCH3 is 2. The number of aryl methyl sites for hydroxylation is 1. The van der Waals surface area contributed by atoms with Gasteiger partial charge in [0.05, 0.1) is 32.7 Å². The highest BCUT2D eigenvalue weighted by Gasteiger charge is 2.43. The van der Waals surface area contributed by atoms with Crippen molar-refractivity contribution in [3.8, 4) is 17.2 Å². The molecule has 1 aliphatic heterocycles. The van der Waals surface area contributed by atoms with Crippen LogP contribution in [0.25, 0.3) is 0 Å². The monoisotopic (exact) mass is 679 g/mol. The van der Waals surface area contributed by atoms with Gasteiger partial charge in [0.1, 0.15) is 30.0 Å². The summed E-state index contributed by atoms with van der Waals surface area (Å²) in [5.41, 5.74) is -0.0912. The van der Waals surface area contributed by atoms with Crippen molar-refractivity contribution in [3.05, 3.63) is 53.6 Å². The predicted octanol–water partition coefficient (Wildman–Crippen LogP) is 2.41. The first-order valence-electron chi connectivity index (χ1n) is 17.0. The van der Waals surface area contributed by atoms with Crippen LogP contribution in [0.2, 0.25) is 0 Å². The fourth-order valence-corrected chi connectivity index (χ4v) is 6.22. The standard InChI is InChI=1S/C36H49N5O8/c1-23(2)31-34(45)38-19-20-49-27-13-7-6-12-25(27)32(43)39-26(22-30(42)41-36(35(46)40-31)16-8-5-9-17-36)33(44)37-18-10-11-24-14-15-28(47-3)29(21-24)48-4/h6-7,12-15,21,23,26,31H,5,8-11,16-20,22H2,1-4H3,(H,37,44)(H,38,45)(H,39,43)(H,40,46)(H,41,42)/t26-,31+/m0/s1. The second kappa shape index (κ2) is 17.5. The Balaban J connectivity index is 1.55. The van der Waals surface area contributed by atoms with Crippen LogP contribution in [0.4, 0.5) is 0 Å². The number of hydrogen-bond acceptors (Lipinski definition) is 8. The molecule has 0 radical (unpaired) electrons. The Morgan fingerprint density at radius 3 is 2.43 bits per heavy atom. The zero-order chi connectivity index (χ0) is 35.4. The number of amides is 5. The number of para-hydroxylation sites is 1. The van der Waals surface area contributed by atoms with Gasteiger partial charge in [-0.25, -0.2) is 0 Å². The summed E-state index contributed by atoms with van der Waals surface area (Å²) >= 11 is 0. The number of rotatable bonds is 8. The fraction of sp³-hybridized carbons (Fsp3) is 0.528. The Hall–Kier alpha value is -4.81. The lowest BCUT2D eigenvalue weighted by Gasteiger charge is -2.38. The van der Waals surface area contributed by atoms with E-state index in [-0.39, 0.29) is 42.8 Å². The molecule has 5 amide bonds. The maximum absolute atomic E-state index is 13.8. The highest BCUT2D eigenvalue weighted by molar-refractivity contribution is 6.01. The summed E-state index contributed by atoms with van der Waals surface area (Å²) in [6, 6.07) is 10.1. The van der Waals surface area contributed by atoms with Crippen LogP contribution in [0.15, 0.2) is 42.5 Å². The van der Waals surface area contributed by atoms with Crippen LogP contribution in [0.5, 0.6) is 17.2 Å². The molecule has 2 aliphatic rings. The molecule has 266 valence electrons. The van der Waals surface area contributed by atoms with Gasteiger partial charge in [-0.1, -0.05) is 51.3 Å². The zero-order valence-corrected chi connectivity index (χ0v) is 28.8. The largest absolute Gasteiger partial charge is 0.493 e. The molecule has 1 fully saturated rings. The molecule has 0 aromatic heterocycles. The topological polar surface area (TPSA) is 173 Å². The lowest BCUT2D eigenvalue weighted by atomic mass is 9.80. The normalized spacial score (nSPS) is 20.4. The molecule has 1 heterocycles. The van der Waals surface area contributed by atoms with Crippen molar-refractivity contribution in [2.24, 2.45) is 5.92 Å². The molecular weight excluding hydrogens is 630 g/mol. The van der Waals surface area contributed by atoms with Gasteiger partial charge in [-0.2, -0.15) is 0 Å². The van der Waals surface area contributed by atoms with Gasteiger partial charge in [0, 0.05) is 6.54 Å². The number of fused-ring (bicyclic) bond motifs is 1. The molecule has 1 aliphatic carbocycles. The van der Waals surface area contributed by atoms with Crippen LogP contribution in [-0.2, 0) is 25.6 Å². The zero-order valence-electron chi connectivity index (χ0n) is 28.8. The van der Waals surface area contributed by atoms with E-state index in [1.54, 1.807) is 38.5 Å². The number of carbonyl (C=O) groups is 5. The summed E-state index contributed by atoms with van der Waals surface area (Å²) in [5, 5.41) is 14.2. The highest BCUT2D eigenvalue weighted by atomic mass is 16.5. The molecule has 2 aromatic carbocycles. The molecule has 0 saturated heterocycles. The SMILES string of the molecule is COc1ccc(CCCNC(=O)[C@@H]2CC(=O)NC3(CCCCC3)C(=O)N[C@H](C(C)C)C(=O)NCCOc3ccccc3C(=O)N2)cc1OC. The maximum atomic E-state index is 13.8. The van der Waals surface area contributed by atoms with Gasteiger partial charge in [-0.05, 0) is 61.4 Å². The summed E-state index contributed by atoms with van der Waals surface area (Å²) in [6.45, 7) is 4.14. The van der Waals surface area contributed by atoms with E-state index in [0.717, 1.165) is 12.0 Å². The Labute approximate surface area is 287 Å². The average molecular weight is 680 g/mol. The van der Waals surface area contributed by atoms with E-state index < -0.39 is 47.7 Å². The number of nitrogens with one attached hydrogen (secondary N) is 5. The summed E-state index contributed by atoms with van der Waals surface area (Å²) in [5.74, 6) is -1.27. The van der Waals surface area contributed by atoms with Gasteiger partial charge in [-0.3, -0.25) is 24.0 Å².